The molecule has 0 spiro atoms. The van der Waals surface area contributed by atoms with Crippen LogP contribution in [0.25, 0.3) is 0 Å². The quantitative estimate of drug-likeness (QED) is 0.825. The molecule has 1 aromatic carbocycles. The molecule has 1 aromatic rings. The van der Waals surface area contributed by atoms with Crippen molar-refractivity contribution in [2.45, 2.75) is 18.9 Å². The number of halogens is 2. The maximum Gasteiger partial charge on any atom is 0.251 e. The lowest BCUT2D eigenvalue weighted by atomic mass is 9.98. The fraction of sp³-hybridized carbons (Fsp3) is 0.462. The van der Waals surface area contributed by atoms with Crippen molar-refractivity contribution in [2.75, 3.05) is 20.3 Å². The molecule has 19 heavy (non-hydrogen) atoms. The Labute approximate surface area is 110 Å². The van der Waals surface area contributed by atoms with Crippen LogP contribution in [0, 0.1) is 11.6 Å². The summed E-state index contributed by atoms with van der Waals surface area (Å²) in [5.41, 5.74) is -0.759. The molecule has 2 N–H and O–H groups in total. The Morgan fingerprint density at radius 2 is 2.11 bits per heavy atom. The maximum atomic E-state index is 13.0. The molecule has 0 aliphatic heterocycles. The van der Waals surface area contributed by atoms with E-state index in [0.29, 0.717) is 0 Å². The van der Waals surface area contributed by atoms with E-state index in [1.807, 2.05) is 0 Å². The molecule has 1 atom stereocenters. The van der Waals surface area contributed by atoms with Gasteiger partial charge in [-0.05, 0) is 31.5 Å². The second-order valence-electron chi connectivity index (χ2n) is 4.55. The predicted octanol–water partition coefficient (Wildman–Crippen LogP) is 1.48. The van der Waals surface area contributed by atoms with E-state index < -0.39 is 23.1 Å². The molecule has 4 nitrogen and oxygen atoms in total. The van der Waals surface area contributed by atoms with E-state index in [0.717, 1.165) is 12.1 Å². The van der Waals surface area contributed by atoms with E-state index in [4.69, 9.17) is 9.84 Å². The lowest BCUT2D eigenvalue weighted by Gasteiger charge is -2.29. The summed E-state index contributed by atoms with van der Waals surface area (Å²) >= 11 is 0. The van der Waals surface area contributed by atoms with Crippen molar-refractivity contribution in [3.8, 4) is 0 Å². The Balaban J connectivity index is 2.84. The molecule has 106 valence electrons. The van der Waals surface area contributed by atoms with Crippen molar-refractivity contribution >= 4 is 5.91 Å². The number of carbonyl (C=O) groups excluding carboxylic acids is 1. The van der Waals surface area contributed by atoms with Gasteiger partial charge >= 0.3 is 0 Å². The molecule has 0 saturated heterocycles. The summed E-state index contributed by atoms with van der Waals surface area (Å²) in [5, 5.41) is 11.6. The number of hydrogen-bond acceptors (Lipinski definition) is 3. The molecule has 0 unspecified atom stereocenters. The number of aliphatic hydroxyl groups excluding tert-OH is 1. The van der Waals surface area contributed by atoms with Crippen molar-refractivity contribution in [3.63, 3.8) is 0 Å². The molecule has 0 aromatic heterocycles. The topological polar surface area (TPSA) is 58.6 Å². The van der Waals surface area contributed by atoms with Crippen molar-refractivity contribution in [3.05, 3.63) is 35.4 Å². The van der Waals surface area contributed by atoms with Gasteiger partial charge in [0.1, 0.15) is 0 Å². The van der Waals surface area contributed by atoms with Crippen molar-refractivity contribution in [1.82, 2.24) is 5.32 Å². The van der Waals surface area contributed by atoms with Crippen LogP contribution in [0.15, 0.2) is 18.2 Å². The summed E-state index contributed by atoms with van der Waals surface area (Å²) in [5.74, 6) is -2.64. The van der Waals surface area contributed by atoms with Crippen LogP contribution in [-0.2, 0) is 4.74 Å². The zero-order valence-corrected chi connectivity index (χ0v) is 10.9. The van der Waals surface area contributed by atoms with E-state index in [9.17, 15) is 13.6 Å². The number of benzene rings is 1. The van der Waals surface area contributed by atoms with Crippen molar-refractivity contribution in [2.24, 2.45) is 0 Å². The Bertz CT molecular complexity index is 446. The number of rotatable bonds is 6. The summed E-state index contributed by atoms with van der Waals surface area (Å²) < 4.78 is 30.8. The molecule has 0 heterocycles. The van der Waals surface area contributed by atoms with Crippen LogP contribution >= 0.6 is 0 Å². The molecule has 0 fully saturated rings. The minimum atomic E-state index is -1.08. The fourth-order valence-corrected chi connectivity index (χ4v) is 1.72. The predicted molar refractivity (Wildman–Crippen MR) is 65.8 cm³/mol. The Morgan fingerprint density at radius 1 is 1.42 bits per heavy atom. The van der Waals surface area contributed by atoms with Gasteiger partial charge in [0.25, 0.3) is 5.91 Å². The van der Waals surface area contributed by atoms with E-state index in [2.05, 4.69) is 5.32 Å². The third-order valence-electron chi connectivity index (χ3n) is 2.72. The highest BCUT2D eigenvalue weighted by Gasteiger charge is 2.26. The Kier molecular flexibility index (Phi) is 5.38. The van der Waals surface area contributed by atoms with Gasteiger partial charge in [0.05, 0.1) is 12.1 Å². The first-order valence-corrected chi connectivity index (χ1v) is 5.79. The molecular formula is C13H17F2NO3. The second kappa shape index (κ2) is 6.58. The largest absolute Gasteiger partial charge is 0.396 e. The van der Waals surface area contributed by atoms with Gasteiger partial charge in [0.15, 0.2) is 11.6 Å². The number of aliphatic hydroxyl groups is 1. The van der Waals surface area contributed by atoms with Crippen LogP contribution in [0.1, 0.15) is 23.7 Å². The average molecular weight is 273 g/mol. The highest BCUT2D eigenvalue weighted by molar-refractivity contribution is 5.94. The number of amides is 1. The first kappa shape index (κ1) is 15.5. The lowest BCUT2D eigenvalue weighted by molar-refractivity contribution is 0.0725. The van der Waals surface area contributed by atoms with Gasteiger partial charge in [-0.25, -0.2) is 8.78 Å². The third-order valence-corrected chi connectivity index (χ3v) is 2.72. The molecule has 1 amide bonds. The van der Waals surface area contributed by atoms with E-state index in [1.54, 1.807) is 6.92 Å². The van der Waals surface area contributed by atoms with Crippen LogP contribution in [0.4, 0.5) is 8.78 Å². The van der Waals surface area contributed by atoms with Gasteiger partial charge < -0.3 is 15.2 Å². The van der Waals surface area contributed by atoms with E-state index >= 15 is 0 Å². The molecule has 1 rings (SSSR count). The van der Waals surface area contributed by atoms with E-state index in [-0.39, 0.29) is 25.2 Å². The molecule has 0 saturated carbocycles. The van der Waals surface area contributed by atoms with Crippen LogP contribution < -0.4 is 5.32 Å². The molecule has 0 aliphatic rings. The zero-order valence-electron chi connectivity index (χ0n) is 10.9. The molecule has 0 aliphatic carbocycles. The molecule has 0 radical (unpaired) electrons. The van der Waals surface area contributed by atoms with Gasteiger partial charge in [0.2, 0.25) is 0 Å². The van der Waals surface area contributed by atoms with Crippen molar-refractivity contribution in [1.29, 1.82) is 0 Å². The standard InChI is InChI=1S/C13H17F2NO3/c1-13(5-6-17,8-19-2)16-12(18)9-3-4-10(14)11(15)7-9/h3-4,7,17H,5-6,8H2,1-2H3,(H,16,18)/t13-/m1/s1. The second-order valence-corrected chi connectivity index (χ2v) is 4.55. The van der Waals surface area contributed by atoms with E-state index in [1.165, 1.54) is 13.2 Å². The third kappa shape index (κ3) is 4.25. The number of carbonyl (C=O) groups is 1. The molecule has 6 heteroatoms. The van der Waals surface area contributed by atoms with Gasteiger partial charge in [-0.15, -0.1) is 0 Å². The summed E-state index contributed by atoms with van der Waals surface area (Å²) in [6.07, 6.45) is 0.288. The van der Waals surface area contributed by atoms with Crippen LogP contribution in [0.3, 0.4) is 0 Å². The highest BCUT2D eigenvalue weighted by atomic mass is 19.2. The smallest absolute Gasteiger partial charge is 0.251 e. The summed E-state index contributed by atoms with van der Waals surface area (Å²) in [6.45, 7) is 1.77. The number of methoxy groups -OCH3 is 1. The number of nitrogens with one attached hydrogen (secondary N) is 1. The highest BCUT2D eigenvalue weighted by Crippen LogP contribution is 2.13. The fourth-order valence-electron chi connectivity index (χ4n) is 1.72. The van der Waals surface area contributed by atoms with Gasteiger partial charge in [-0.3, -0.25) is 4.79 Å². The maximum absolute atomic E-state index is 13.0. The molecular weight excluding hydrogens is 256 g/mol. The average Bonchev–Trinajstić information content (AvgIpc) is 2.32. The van der Waals surface area contributed by atoms with Gasteiger partial charge in [-0.2, -0.15) is 0 Å². The first-order valence-electron chi connectivity index (χ1n) is 5.79. The monoisotopic (exact) mass is 273 g/mol. The normalized spacial score (nSPS) is 13.9. The van der Waals surface area contributed by atoms with Crippen LogP contribution in [0.5, 0.6) is 0 Å². The Hall–Kier alpha value is -1.53. The van der Waals surface area contributed by atoms with Crippen LogP contribution in [-0.4, -0.2) is 36.9 Å². The zero-order chi connectivity index (χ0) is 14.5. The van der Waals surface area contributed by atoms with Crippen molar-refractivity contribution < 1.29 is 23.4 Å². The number of ether oxygens (including phenoxy) is 1. The summed E-state index contributed by atoms with van der Waals surface area (Å²) in [7, 11) is 1.47. The molecule has 0 bridgehead atoms. The van der Waals surface area contributed by atoms with Gasteiger partial charge in [0, 0.05) is 19.3 Å². The SMILES string of the molecule is COC[C@@](C)(CCO)NC(=O)c1ccc(F)c(F)c1. The minimum Gasteiger partial charge on any atom is -0.396 e. The summed E-state index contributed by atoms with van der Waals surface area (Å²) in [4.78, 5) is 11.9. The Morgan fingerprint density at radius 3 is 2.63 bits per heavy atom. The number of hydrogen-bond donors (Lipinski definition) is 2. The summed E-state index contributed by atoms with van der Waals surface area (Å²) in [6, 6.07) is 2.92. The van der Waals surface area contributed by atoms with Gasteiger partial charge in [-0.1, -0.05) is 0 Å². The lowest BCUT2D eigenvalue weighted by Crippen LogP contribution is -2.50. The van der Waals surface area contributed by atoms with Crippen LogP contribution in [0.2, 0.25) is 0 Å². The first-order chi connectivity index (χ1) is 8.91. The minimum absolute atomic E-state index is 0.0131.